The molecule has 6 nitrogen and oxygen atoms in total. The topological polar surface area (TPSA) is 86.7 Å². The van der Waals surface area contributed by atoms with Crippen molar-refractivity contribution in [2.75, 3.05) is 6.54 Å². The first-order valence-electron chi connectivity index (χ1n) is 6.01. The number of rotatable bonds is 4. The largest absolute Gasteiger partial charge is 0.478 e. The predicted octanol–water partition coefficient (Wildman–Crippen LogP) is 0.492. The summed E-state index contributed by atoms with van der Waals surface area (Å²) in [6.07, 6.45) is 4.63. The van der Waals surface area contributed by atoms with Crippen LogP contribution in [0.4, 0.5) is 0 Å². The highest BCUT2D eigenvalue weighted by atomic mass is 16.4. The predicted molar refractivity (Wildman–Crippen MR) is 64.6 cm³/mol. The average molecular weight is 254 g/mol. The first kappa shape index (κ1) is 14.2. The van der Waals surface area contributed by atoms with E-state index in [2.05, 4.69) is 5.32 Å². The van der Waals surface area contributed by atoms with Gasteiger partial charge in [0.25, 0.3) is 0 Å². The Kier molecular flexibility index (Phi) is 5.35. The Hall–Kier alpha value is -1.85. The van der Waals surface area contributed by atoms with Gasteiger partial charge in [0.05, 0.1) is 0 Å². The van der Waals surface area contributed by atoms with Crippen molar-refractivity contribution in [3.63, 3.8) is 0 Å². The van der Waals surface area contributed by atoms with E-state index in [-0.39, 0.29) is 5.91 Å². The molecule has 2 N–H and O–H groups in total. The zero-order chi connectivity index (χ0) is 13.5. The zero-order valence-electron chi connectivity index (χ0n) is 10.4. The number of nitrogens with one attached hydrogen (secondary N) is 1. The summed E-state index contributed by atoms with van der Waals surface area (Å²) in [6.45, 7) is 2.35. The Labute approximate surface area is 106 Å². The molecule has 0 bridgehead atoms. The third-order valence-electron chi connectivity index (χ3n) is 2.81. The number of aliphatic carboxylic acids is 1. The van der Waals surface area contributed by atoms with E-state index in [1.54, 1.807) is 11.8 Å². The van der Waals surface area contributed by atoms with E-state index in [4.69, 9.17) is 5.11 Å². The van der Waals surface area contributed by atoms with Crippen LogP contribution in [-0.2, 0) is 14.4 Å². The Bertz CT molecular complexity index is 365. The van der Waals surface area contributed by atoms with Crippen molar-refractivity contribution < 1.29 is 19.5 Å². The molecule has 1 heterocycles. The number of amides is 2. The SMILES string of the molecule is CC(NC(=O)C=CC(=O)O)N1CCCCCC1=O. The van der Waals surface area contributed by atoms with Crippen molar-refractivity contribution in [2.45, 2.75) is 38.8 Å². The molecule has 1 fully saturated rings. The van der Waals surface area contributed by atoms with Gasteiger partial charge in [0.15, 0.2) is 0 Å². The molecule has 0 saturated carbocycles. The maximum Gasteiger partial charge on any atom is 0.328 e. The monoisotopic (exact) mass is 254 g/mol. The van der Waals surface area contributed by atoms with Gasteiger partial charge in [-0.05, 0) is 19.8 Å². The number of nitrogens with zero attached hydrogens (tertiary/aromatic N) is 1. The van der Waals surface area contributed by atoms with Crippen LogP contribution in [0.15, 0.2) is 12.2 Å². The number of carbonyl (C=O) groups excluding carboxylic acids is 2. The molecule has 100 valence electrons. The Morgan fingerprint density at radius 3 is 2.72 bits per heavy atom. The van der Waals surface area contributed by atoms with Gasteiger partial charge in [-0.1, -0.05) is 6.42 Å². The summed E-state index contributed by atoms with van der Waals surface area (Å²) in [4.78, 5) is 35.0. The number of carboxylic acids is 1. The maximum atomic E-state index is 11.8. The molecule has 0 aliphatic carbocycles. The zero-order valence-corrected chi connectivity index (χ0v) is 10.4. The Balaban J connectivity index is 2.52. The summed E-state index contributed by atoms with van der Waals surface area (Å²) in [5, 5.41) is 11.0. The van der Waals surface area contributed by atoms with E-state index in [1.807, 2.05) is 0 Å². The lowest BCUT2D eigenvalue weighted by Gasteiger charge is -2.28. The summed E-state index contributed by atoms with van der Waals surface area (Å²) >= 11 is 0. The lowest BCUT2D eigenvalue weighted by atomic mass is 10.2. The Morgan fingerprint density at radius 1 is 1.33 bits per heavy atom. The van der Waals surface area contributed by atoms with Crippen molar-refractivity contribution in [2.24, 2.45) is 0 Å². The molecule has 1 unspecified atom stereocenters. The number of carboxylic acid groups (broad SMARTS) is 1. The van der Waals surface area contributed by atoms with Crippen molar-refractivity contribution in [1.82, 2.24) is 10.2 Å². The lowest BCUT2D eigenvalue weighted by molar-refractivity contribution is -0.135. The van der Waals surface area contributed by atoms with Gasteiger partial charge in [0, 0.05) is 25.1 Å². The van der Waals surface area contributed by atoms with Crippen LogP contribution < -0.4 is 5.32 Å². The van der Waals surface area contributed by atoms with Crippen LogP contribution in [0.25, 0.3) is 0 Å². The molecular formula is C12H18N2O4. The molecule has 0 aromatic rings. The van der Waals surface area contributed by atoms with Gasteiger partial charge < -0.3 is 15.3 Å². The first-order chi connectivity index (χ1) is 8.50. The molecule has 1 saturated heterocycles. The summed E-state index contributed by atoms with van der Waals surface area (Å²) in [5.74, 6) is -1.66. The van der Waals surface area contributed by atoms with Gasteiger partial charge in [-0.2, -0.15) is 0 Å². The molecule has 1 aliphatic rings. The molecule has 1 aliphatic heterocycles. The molecule has 18 heavy (non-hydrogen) atoms. The van der Waals surface area contributed by atoms with Crippen molar-refractivity contribution in [1.29, 1.82) is 0 Å². The van der Waals surface area contributed by atoms with Crippen LogP contribution in [0.1, 0.15) is 32.6 Å². The second-order valence-electron chi connectivity index (χ2n) is 4.25. The molecule has 0 aromatic heterocycles. The van der Waals surface area contributed by atoms with Gasteiger partial charge in [-0.3, -0.25) is 9.59 Å². The average Bonchev–Trinajstić information content (AvgIpc) is 2.51. The van der Waals surface area contributed by atoms with Crippen LogP contribution in [0.3, 0.4) is 0 Å². The number of carbonyl (C=O) groups is 3. The van der Waals surface area contributed by atoms with Crippen LogP contribution in [0, 0.1) is 0 Å². The molecule has 0 radical (unpaired) electrons. The molecular weight excluding hydrogens is 236 g/mol. The normalized spacial score (nSPS) is 18.5. The van der Waals surface area contributed by atoms with Crippen LogP contribution in [0.5, 0.6) is 0 Å². The molecule has 1 rings (SSSR count). The van der Waals surface area contributed by atoms with Gasteiger partial charge in [0.2, 0.25) is 11.8 Å². The standard InChI is InChI=1S/C12H18N2O4/c1-9(13-10(15)6-7-12(17)18)14-8-4-2-3-5-11(14)16/h6-7,9H,2-5,8H2,1H3,(H,13,15)(H,17,18). The fourth-order valence-corrected chi connectivity index (χ4v) is 1.89. The smallest absolute Gasteiger partial charge is 0.328 e. The van der Waals surface area contributed by atoms with Crippen molar-refractivity contribution in [3.05, 3.63) is 12.2 Å². The number of likely N-dealkylation sites (tertiary alicyclic amines) is 1. The van der Waals surface area contributed by atoms with Gasteiger partial charge in [0.1, 0.15) is 6.17 Å². The highest BCUT2D eigenvalue weighted by molar-refractivity contribution is 5.94. The summed E-state index contributed by atoms with van der Waals surface area (Å²) in [6, 6.07) is 0. The Morgan fingerprint density at radius 2 is 2.06 bits per heavy atom. The highest BCUT2D eigenvalue weighted by Gasteiger charge is 2.22. The van der Waals surface area contributed by atoms with E-state index >= 15 is 0 Å². The summed E-state index contributed by atoms with van der Waals surface area (Å²) in [5.41, 5.74) is 0. The lowest BCUT2D eigenvalue weighted by Crippen LogP contribution is -2.48. The minimum atomic E-state index is -1.18. The summed E-state index contributed by atoms with van der Waals surface area (Å²) in [7, 11) is 0. The molecule has 1 atom stereocenters. The van der Waals surface area contributed by atoms with Crippen molar-refractivity contribution in [3.8, 4) is 0 Å². The first-order valence-corrected chi connectivity index (χ1v) is 6.01. The third-order valence-corrected chi connectivity index (χ3v) is 2.81. The van der Waals surface area contributed by atoms with Crippen LogP contribution in [0.2, 0.25) is 0 Å². The quantitative estimate of drug-likeness (QED) is 0.715. The highest BCUT2D eigenvalue weighted by Crippen LogP contribution is 2.12. The third kappa shape index (κ3) is 4.57. The minimum absolute atomic E-state index is 0.0301. The fraction of sp³-hybridized carbons (Fsp3) is 0.583. The van der Waals surface area contributed by atoms with E-state index in [0.717, 1.165) is 31.4 Å². The van der Waals surface area contributed by atoms with Crippen LogP contribution >= 0.6 is 0 Å². The molecule has 2 amide bonds. The second kappa shape index (κ2) is 6.78. The van der Waals surface area contributed by atoms with E-state index in [0.29, 0.717) is 13.0 Å². The number of hydrogen-bond acceptors (Lipinski definition) is 3. The molecule has 6 heteroatoms. The molecule has 0 aromatic carbocycles. The van der Waals surface area contributed by atoms with Crippen molar-refractivity contribution >= 4 is 17.8 Å². The van der Waals surface area contributed by atoms with Gasteiger partial charge in [-0.15, -0.1) is 0 Å². The van der Waals surface area contributed by atoms with Gasteiger partial charge >= 0.3 is 5.97 Å². The maximum absolute atomic E-state index is 11.8. The van der Waals surface area contributed by atoms with Crippen LogP contribution in [-0.4, -0.2) is 40.5 Å². The van der Waals surface area contributed by atoms with E-state index in [1.165, 1.54) is 0 Å². The number of hydrogen-bond donors (Lipinski definition) is 2. The van der Waals surface area contributed by atoms with E-state index in [9.17, 15) is 14.4 Å². The molecule has 0 spiro atoms. The minimum Gasteiger partial charge on any atom is -0.478 e. The second-order valence-corrected chi connectivity index (χ2v) is 4.25. The van der Waals surface area contributed by atoms with Gasteiger partial charge in [-0.25, -0.2) is 4.79 Å². The van der Waals surface area contributed by atoms with E-state index < -0.39 is 18.0 Å². The fourth-order valence-electron chi connectivity index (χ4n) is 1.89. The summed E-state index contributed by atoms with van der Waals surface area (Å²) < 4.78 is 0.